The van der Waals surface area contributed by atoms with E-state index in [-0.39, 0.29) is 51.4 Å². The van der Waals surface area contributed by atoms with E-state index in [0.29, 0.717) is 0 Å². The fourth-order valence-electron chi connectivity index (χ4n) is 0.524. The van der Waals surface area contributed by atoms with Crippen molar-refractivity contribution in [2.75, 3.05) is 0 Å². The molecule has 0 aliphatic heterocycles. The molecule has 0 fully saturated rings. The number of hydrogen-bond acceptors (Lipinski definition) is 3. The molecule has 0 heterocycles. The van der Waals surface area contributed by atoms with Crippen LogP contribution in [0.4, 0.5) is 12.9 Å². The van der Waals surface area contributed by atoms with Gasteiger partial charge in [0.2, 0.25) is 0 Å². The quantitative estimate of drug-likeness (QED) is 0.448. The molecule has 0 aromatic heterocycles. The van der Waals surface area contributed by atoms with E-state index in [4.69, 9.17) is 0 Å². The van der Waals surface area contributed by atoms with E-state index in [1.807, 2.05) is 0 Å². The second kappa shape index (κ2) is 5.86. The van der Waals surface area contributed by atoms with Crippen molar-refractivity contribution in [1.82, 2.24) is 0 Å². The third kappa shape index (κ3) is 7.24. The van der Waals surface area contributed by atoms with Crippen LogP contribution in [0.2, 0.25) is 0 Å². The van der Waals surface area contributed by atoms with Crippen molar-refractivity contribution in [2.45, 2.75) is 32.3 Å². The van der Waals surface area contributed by atoms with E-state index in [0.717, 1.165) is 0 Å². The minimum Gasteiger partial charge on any atom is -0.461 e. The van der Waals surface area contributed by atoms with Gasteiger partial charge in [-0.1, -0.05) is 0 Å². The van der Waals surface area contributed by atoms with Crippen LogP contribution in [-0.4, -0.2) is 24.5 Å². The van der Waals surface area contributed by atoms with E-state index in [2.05, 4.69) is 10.5 Å². The van der Waals surface area contributed by atoms with Crippen LogP contribution in [0.25, 0.3) is 0 Å². The molecule has 14 heavy (non-hydrogen) atoms. The van der Waals surface area contributed by atoms with Crippen molar-refractivity contribution in [3.63, 3.8) is 0 Å². The maximum atomic E-state index is 11.9. The summed E-state index contributed by atoms with van der Waals surface area (Å²) in [6.07, 6.45) is 0. The molecule has 0 aromatic carbocycles. The largest absolute Gasteiger partial charge is 1.00 e. The minimum atomic E-state index is -5.37. The van der Waals surface area contributed by atoms with Gasteiger partial charge in [0.15, 0.2) is 0 Å². The number of ether oxygens (including phenoxy) is 1. The second-order valence-electron chi connectivity index (χ2n) is 3.68. The van der Waals surface area contributed by atoms with Crippen LogP contribution in [0.3, 0.4) is 0 Å². The number of esters is 1. The van der Waals surface area contributed by atoms with Gasteiger partial charge in [0.25, 0.3) is 5.97 Å². The van der Waals surface area contributed by atoms with Gasteiger partial charge in [0, 0.05) is 0 Å². The molecule has 0 aliphatic rings. The van der Waals surface area contributed by atoms with Gasteiger partial charge in [-0.2, -0.15) is 0 Å². The maximum absolute atomic E-state index is 11.9. The van der Waals surface area contributed by atoms with Crippen LogP contribution in [0.1, 0.15) is 20.8 Å². The first-order valence-electron chi connectivity index (χ1n) is 3.72. The van der Waals surface area contributed by atoms with Crippen molar-refractivity contribution in [3.8, 4) is 0 Å². The summed E-state index contributed by atoms with van der Waals surface area (Å²) in [6, 6.07) is 0. The van der Waals surface area contributed by atoms with Crippen LogP contribution >= 0.6 is 0 Å². The number of rotatable bonds is 2. The zero-order chi connectivity index (χ0) is 10.9. The molecule has 78 valence electrons. The molecule has 1 atom stereocenters. The van der Waals surface area contributed by atoms with Gasteiger partial charge < -0.3 is 23.4 Å². The third-order valence-corrected chi connectivity index (χ3v) is 1.09. The molecular weight excluding hydrogens is 225 g/mol. The van der Waals surface area contributed by atoms with E-state index in [9.17, 15) is 17.7 Å². The van der Waals surface area contributed by atoms with Crippen molar-refractivity contribution < 1.29 is 73.9 Å². The monoisotopic (exact) mass is 237 g/mol. The molecule has 0 saturated heterocycles. The summed E-state index contributed by atoms with van der Waals surface area (Å²) in [4.78, 5) is 10.8. The van der Waals surface area contributed by atoms with E-state index >= 15 is 0 Å². The Morgan fingerprint density at radius 3 is 1.93 bits per heavy atom. The Balaban J connectivity index is 0. The Bertz CT molecular complexity index is 204. The SMILES string of the molecule is CC(C)(C)OC(=O)C(N)[B-](F)(F)F.[K+]. The summed E-state index contributed by atoms with van der Waals surface area (Å²) < 4.78 is 40.2. The molecule has 0 aliphatic carbocycles. The fourth-order valence-corrected chi connectivity index (χ4v) is 0.524. The Morgan fingerprint density at radius 2 is 1.71 bits per heavy atom. The van der Waals surface area contributed by atoms with Crippen LogP contribution in [0.15, 0.2) is 0 Å². The molecule has 0 amide bonds. The van der Waals surface area contributed by atoms with Crippen LogP contribution in [0.5, 0.6) is 0 Å². The fraction of sp³-hybridized carbons (Fsp3) is 0.833. The summed E-state index contributed by atoms with van der Waals surface area (Å²) in [5, 5.41) is 0. The summed E-state index contributed by atoms with van der Waals surface area (Å²) in [6.45, 7) is -0.946. The Labute approximate surface area is 123 Å². The van der Waals surface area contributed by atoms with Crippen molar-refractivity contribution >= 4 is 12.9 Å². The molecule has 1 unspecified atom stereocenters. The molecule has 0 spiro atoms. The zero-order valence-electron chi connectivity index (χ0n) is 8.68. The molecule has 2 N–H and O–H groups in total. The van der Waals surface area contributed by atoms with Crippen LogP contribution < -0.4 is 57.1 Å². The summed E-state index contributed by atoms with van der Waals surface area (Å²) in [5.41, 5.74) is 3.68. The van der Waals surface area contributed by atoms with Crippen molar-refractivity contribution in [2.24, 2.45) is 5.73 Å². The number of halogens is 3. The molecule has 0 saturated carbocycles. The summed E-state index contributed by atoms with van der Waals surface area (Å²) in [7, 11) is 0. The van der Waals surface area contributed by atoms with E-state index in [1.54, 1.807) is 0 Å². The molecular formula is C6H12BF3KNO2. The topological polar surface area (TPSA) is 52.3 Å². The van der Waals surface area contributed by atoms with Gasteiger partial charge in [-0.25, -0.2) is 0 Å². The Hall–Kier alpha value is 0.921. The average molecular weight is 237 g/mol. The molecule has 0 bridgehead atoms. The molecule has 0 aromatic rings. The van der Waals surface area contributed by atoms with Gasteiger partial charge in [0.05, 0.1) is 5.94 Å². The first-order valence-corrected chi connectivity index (χ1v) is 3.72. The predicted octanol–water partition coefficient (Wildman–Crippen LogP) is -1.95. The number of nitrogens with two attached hydrogens (primary N) is 1. The standard InChI is InChI=1S/C6H12BF3NO2.K/c1-6(2,3)13-5(12)4(11)7(8,9)10;/h4H,11H2,1-3H3;/q-1;+1. The van der Waals surface area contributed by atoms with Crippen LogP contribution in [-0.2, 0) is 9.53 Å². The number of carbonyl (C=O) groups excluding carboxylic acids is 1. The normalized spacial score (nSPS) is 14.2. The van der Waals surface area contributed by atoms with Crippen molar-refractivity contribution in [1.29, 1.82) is 0 Å². The van der Waals surface area contributed by atoms with Gasteiger partial charge in [-0.15, -0.1) is 0 Å². The first kappa shape index (κ1) is 17.3. The molecule has 0 radical (unpaired) electrons. The van der Waals surface area contributed by atoms with Gasteiger partial charge >= 0.3 is 58.4 Å². The van der Waals surface area contributed by atoms with E-state index in [1.165, 1.54) is 20.8 Å². The first-order chi connectivity index (χ1) is 5.54. The molecule has 3 nitrogen and oxygen atoms in total. The van der Waals surface area contributed by atoms with Gasteiger partial charge in [0.1, 0.15) is 5.60 Å². The molecule has 8 heteroatoms. The smallest absolute Gasteiger partial charge is 0.461 e. The predicted molar refractivity (Wildman–Crippen MR) is 42.9 cm³/mol. The van der Waals surface area contributed by atoms with Crippen LogP contribution in [0, 0.1) is 0 Å². The summed E-state index contributed by atoms with van der Waals surface area (Å²) >= 11 is 0. The maximum Gasteiger partial charge on any atom is 1.00 e. The Kier molecular flexibility index (Phi) is 7.25. The average Bonchev–Trinajstić information content (AvgIpc) is 1.79. The summed E-state index contributed by atoms with van der Waals surface area (Å²) in [5.74, 6) is -3.93. The van der Waals surface area contributed by atoms with E-state index < -0.39 is 24.5 Å². The minimum absolute atomic E-state index is 0. The molecule has 0 rings (SSSR count). The number of carbonyl (C=O) groups is 1. The second-order valence-corrected chi connectivity index (χ2v) is 3.68. The zero-order valence-corrected chi connectivity index (χ0v) is 11.8. The van der Waals surface area contributed by atoms with Gasteiger partial charge in [-0.05, 0) is 20.8 Å². The Morgan fingerprint density at radius 1 is 1.36 bits per heavy atom. The van der Waals surface area contributed by atoms with Gasteiger partial charge in [-0.3, -0.25) is 4.79 Å². The van der Waals surface area contributed by atoms with Crippen molar-refractivity contribution in [3.05, 3.63) is 0 Å². The number of hydrogen-bond donors (Lipinski definition) is 1. The third-order valence-electron chi connectivity index (χ3n) is 1.09.